The third-order valence-corrected chi connectivity index (χ3v) is 5.83. The lowest BCUT2D eigenvalue weighted by atomic mass is 9.98. The summed E-state index contributed by atoms with van der Waals surface area (Å²) < 4.78 is 8.79. The molecule has 0 bridgehead atoms. The Morgan fingerprint density at radius 3 is 2.78 bits per heavy atom. The number of hydrogen-bond acceptors (Lipinski definition) is 2. The standard InChI is InChI=1S/C22H24BrClN2O/c1-4-15(2)26-13-12-25-22(26)19-6-5-7-20(24)18(19)10-8-16-14-17(23)9-11-21(16)27-3/h5-7,9,11-15H,4,8,10H2,1-3H3. The van der Waals surface area contributed by atoms with Crippen LogP contribution in [0.5, 0.6) is 5.75 Å². The fraction of sp³-hybridized carbons (Fsp3) is 0.318. The van der Waals surface area contributed by atoms with Gasteiger partial charge in [0.2, 0.25) is 0 Å². The zero-order chi connectivity index (χ0) is 19.4. The fourth-order valence-electron chi connectivity index (χ4n) is 3.30. The maximum atomic E-state index is 6.61. The van der Waals surface area contributed by atoms with Crippen molar-refractivity contribution in [2.45, 2.75) is 39.2 Å². The molecule has 0 fully saturated rings. The Hall–Kier alpha value is -1.78. The second kappa shape index (κ2) is 8.94. The van der Waals surface area contributed by atoms with E-state index in [1.165, 1.54) is 0 Å². The van der Waals surface area contributed by atoms with Gasteiger partial charge in [-0.2, -0.15) is 0 Å². The van der Waals surface area contributed by atoms with Gasteiger partial charge in [-0.05, 0) is 61.6 Å². The number of hydrogen-bond donors (Lipinski definition) is 0. The van der Waals surface area contributed by atoms with Crippen molar-refractivity contribution in [2.24, 2.45) is 0 Å². The molecule has 0 spiro atoms. The van der Waals surface area contributed by atoms with Gasteiger partial charge in [-0.15, -0.1) is 0 Å². The molecule has 142 valence electrons. The van der Waals surface area contributed by atoms with Gasteiger partial charge in [0.05, 0.1) is 7.11 Å². The summed E-state index contributed by atoms with van der Waals surface area (Å²) in [5.74, 6) is 1.87. The molecule has 5 heteroatoms. The summed E-state index contributed by atoms with van der Waals surface area (Å²) in [6.07, 6.45) is 6.61. The maximum Gasteiger partial charge on any atom is 0.140 e. The molecule has 0 radical (unpaired) electrons. The first-order valence-corrected chi connectivity index (χ1v) is 10.3. The normalized spacial score (nSPS) is 12.2. The van der Waals surface area contributed by atoms with E-state index < -0.39 is 0 Å². The Morgan fingerprint density at radius 1 is 1.22 bits per heavy atom. The highest BCUT2D eigenvalue weighted by Gasteiger charge is 2.16. The van der Waals surface area contributed by atoms with Crippen molar-refractivity contribution in [3.8, 4) is 17.1 Å². The van der Waals surface area contributed by atoms with Crippen molar-refractivity contribution < 1.29 is 4.74 Å². The molecule has 1 heterocycles. The van der Waals surface area contributed by atoms with Crippen LogP contribution in [-0.2, 0) is 12.8 Å². The lowest BCUT2D eigenvalue weighted by molar-refractivity contribution is 0.409. The maximum absolute atomic E-state index is 6.61. The molecular weight excluding hydrogens is 424 g/mol. The SMILES string of the molecule is CCC(C)n1ccnc1-c1cccc(Cl)c1CCc1cc(Br)ccc1OC. The number of rotatable bonds is 7. The van der Waals surface area contributed by atoms with Gasteiger partial charge in [-0.25, -0.2) is 4.98 Å². The predicted octanol–water partition coefficient (Wildman–Crippen LogP) is 6.73. The van der Waals surface area contributed by atoms with Gasteiger partial charge in [-0.1, -0.05) is 46.6 Å². The summed E-state index contributed by atoms with van der Waals surface area (Å²) in [4.78, 5) is 4.63. The zero-order valence-corrected chi connectivity index (χ0v) is 18.2. The molecule has 3 nitrogen and oxygen atoms in total. The van der Waals surface area contributed by atoms with Crippen LogP contribution in [0.2, 0.25) is 5.02 Å². The molecule has 0 N–H and O–H groups in total. The van der Waals surface area contributed by atoms with Crippen LogP contribution < -0.4 is 4.74 Å². The molecule has 0 saturated carbocycles. The Morgan fingerprint density at radius 2 is 2.04 bits per heavy atom. The van der Waals surface area contributed by atoms with Gasteiger partial charge in [0.25, 0.3) is 0 Å². The average Bonchev–Trinajstić information content (AvgIpc) is 3.16. The first kappa shape index (κ1) is 20.0. The van der Waals surface area contributed by atoms with E-state index >= 15 is 0 Å². The minimum Gasteiger partial charge on any atom is -0.496 e. The molecule has 0 aliphatic carbocycles. The van der Waals surface area contributed by atoms with Crippen molar-refractivity contribution in [1.82, 2.24) is 9.55 Å². The molecule has 1 atom stereocenters. The lowest BCUT2D eigenvalue weighted by Gasteiger charge is -2.17. The van der Waals surface area contributed by atoms with Crippen LogP contribution in [-0.4, -0.2) is 16.7 Å². The largest absolute Gasteiger partial charge is 0.496 e. The number of ether oxygens (including phenoxy) is 1. The Bertz CT molecular complexity index is 922. The molecule has 0 amide bonds. The quantitative estimate of drug-likeness (QED) is 0.401. The summed E-state index contributed by atoms with van der Waals surface area (Å²) in [7, 11) is 1.70. The molecule has 27 heavy (non-hydrogen) atoms. The average molecular weight is 448 g/mol. The van der Waals surface area contributed by atoms with Gasteiger partial charge in [0, 0.05) is 33.5 Å². The van der Waals surface area contributed by atoms with Crippen molar-refractivity contribution in [3.63, 3.8) is 0 Å². The van der Waals surface area contributed by atoms with Crippen LogP contribution in [0.4, 0.5) is 0 Å². The number of benzene rings is 2. The highest BCUT2D eigenvalue weighted by molar-refractivity contribution is 9.10. The number of halogens is 2. The minimum atomic E-state index is 0.388. The first-order chi connectivity index (χ1) is 13.0. The summed E-state index contributed by atoms with van der Waals surface area (Å²) in [5.41, 5.74) is 3.38. The van der Waals surface area contributed by atoms with Crippen LogP contribution in [0.25, 0.3) is 11.4 Å². The van der Waals surface area contributed by atoms with Crippen molar-refractivity contribution in [3.05, 3.63) is 69.4 Å². The molecule has 0 saturated heterocycles. The highest BCUT2D eigenvalue weighted by Crippen LogP contribution is 2.32. The second-order valence-corrected chi connectivity index (χ2v) is 7.96. The van der Waals surface area contributed by atoms with Gasteiger partial charge in [-0.3, -0.25) is 0 Å². The van der Waals surface area contributed by atoms with E-state index in [2.05, 4.69) is 51.5 Å². The highest BCUT2D eigenvalue weighted by atomic mass is 79.9. The summed E-state index contributed by atoms with van der Waals surface area (Å²) in [5, 5.41) is 0.778. The van der Waals surface area contributed by atoms with Gasteiger partial charge < -0.3 is 9.30 Å². The van der Waals surface area contributed by atoms with Crippen molar-refractivity contribution >= 4 is 27.5 Å². The molecule has 1 aromatic heterocycles. The minimum absolute atomic E-state index is 0.388. The van der Waals surface area contributed by atoms with Crippen LogP contribution in [0.3, 0.4) is 0 Å². The van der Waals surface area contributed by atoms with Gasteiger partial charge in [0.1, 0.15) is 11.6 Å². The summed E-state index contributed by atoms with van der Waals surface area (Å²) in [6.45, 7) is 4.40. The molecule has 2 aromatic carbocycles. The zero-order valence-electron chi connectivity index (χ0n) is 15.9. The third-order valence-electron chi connectivity index (χ3n) is 4.98. The monoisotopic (exact) mass is 446 g/mol. The van der Waals surface area contributed by atoms with E-state index in [0.29, 0.717) is 6.04 Å². The topological polar surface area (TPSA) is 27.1 Å². The van der Waals surface area contributed by atoms with Crippen LogP contribution in [0.1, 0.15) is 37.4 Å². The molecule has 3 rings (SSSR count). The van der Waals surface area contributed by atoms with Gasteiger partial charge in [0.15, 0.2) is 0 Å². The van der Waals surface area contributed by atoms with E-state index in [1.54, 1.807) is 7.11 Å². The third kappa shape index (κ3) is 4.39. The molecular formula is C22H24BrClN2O. The van der Waals surface area contributed by atoms with Crippen molar-refractivity contribution in [1.29, 1.82) is 0 Å². The molecule has 3 aromatic rings. The molecule has 0 aliphatic rings. The Labute approximate surface area is 174 Å². The Kier molecular flexibility index (Phi) is 6.61. The van der Waals surface area contributed by atoms with E-state index in [1.807, 2.05) is 36.7 Å². The first-order valence-electron chi connectivity index (χ1n) is 9.18. The molecule has 0 aliphatic heterocycles. The van der Waals surface area contributed by atoms with Crippen LogP contribution >= 0.6 is 27.5 Å². The smallest absolute Gasteiger partial charge is 0.140 e. The number of methoxy groups -OCH3 is 1. The van der Waals surface area contributed by atoms with E-state index in [9.17, 15) is 0 Å². The Balaban J connectivity index is 1.96. The van der Waals surface area contributed by atoms with Crippen LogP contribution in [0, 0.1) is 0 Å². The van der Waals surface area contributed by atoms with E-state index in [-0.39, 0.29) is 0 Å². The lowest BCUT2D eigenvalue weighted by Crippen LogP contribution is -2.06. The summed E-state index contributed by atoms with van der Waals surface area (Å²) in [6, 6.07) is 12.5. The van der Waals surface area contributed by atoms with Crippen molar-refractivity contribution in [2.75, 3.05) is 7.11 Å². The van der Waals surface area contributed by atoms with Gasteiger partial charge >= 0.3 is 0 Å². The fourth-order valence-corrected chi connectivity index (χ4v) is 3.98. The molecule has 1 unspecified atom stereocenters. The summed E-state index contributed by atoms with van der Waals surface area (Å²) >= 11 is 10.2. The number of aryl methyl sites for hydroxylation is 1. The number of aromatic nitrogens is 2. The number of imidazole rings is 1. The van der Waals surface area contributed by atoms with E-state index in [4.69, 9.17) is 16.3 Å². The van der Waals surface area contributed by atoms with Crippen LogP contribution in [0.15, 0.2) is 53.3 Å². The predicted molar refractivity (Wildman–Crippen MR) is 116 cm³/mol. The van der Waals surface area contributed by atoms with E-state index in [0.717, 1.165) is 57.0 Å². The number of nitrogens with zero attached hydrogens (tertiary/aromatic N) is 2. The second-order valence-electron chi connectivity index (χ2n) is 6.64.